The molecule has 1 heterocycles. The first-order valence-electron chi connectivity index (χ1n) is 7.72. The minimum Gasteiger partial charge on any atom is -0.497 e. The second kappa shape index (κ2) is 6.58. The van der Waals surface area contributed by atoms with Gasteiger partial charge in [0.1, 0.15) is 5.75 Å². The minimum absolute atomic E-state index is 0.141. The van der Waals surface area contributed by atoms with Crippen molar-refractivity contribution < 1.29 is 9.53 Å². The van der Waals surface area contributed by atoms with Crippen LogP contribution in [0.4, 0.5) is 5.69 Å². The Balaban J connectivity index is 1.89. The highest BCUT2D eigenvalue weighted by atomic mass is 16.5. The number of aryl methyl sites for hydroxylation is 1. The second-order valence-corrected chi connectivity index (χ2v) is 5.46. The number of hydrogen-bond donors (Lipinski definition) is 2. The van der Waals surface area contributed by atoms with Gasteiger partial charge in [0.05, 0.1) is 12.6 Å². The van der Waals surface area contributed by atoms with E-state index in [-0.39, 0.29) is 11.5 Å². The van der Waals surface area contributed by atoms with E-state index >= 15 is 0 Å². The number of aromatic amines is 1. The van der Waals surface area contributed by atoms with Crippen molar-refractivity contribution >= 4 is 22.5 Å². The largest absolute Gasteiger partial charge is 0.497 e. The number of nitrogens with one attached hydrogen (secondary N) is 2. The number of aromatic nitrogens is 1. The lowest BCUT2D eigenvalue weighted by Crippen LogP contribution is -2.12. The summed E-state index contributed by atoms with van der Waals surface area (Å²) in [7, 11) is 1.58. The van der Waals surface area contributed by atoms with E-state index in [0.29, 0.717) is 22.5 Å². The molecule has 0 bridgehead atoms. The van der Waals surface area contributed by atoms with Crippen LogP contribution in [-0.2, 0) is 6.42 Å². The van der Waals surface area contributed by atoms with Crippen LogP contribution >= 0.6 is 0 Å². The van der Waals surface area contributed by atoms with Crippen molar-refractivity contribution in [1.82, 2.24) is 4.98 Å². The Morgan fingerprint density at radius 1 is 1.12 bits per heavy atom. The summed E-state index contributed by atoms with van der Waals surface area (Å²) in [5, 5.41) is 3.83. The number of ether oxygens (including phenoxy) is 1. The van der Waals surface area contributed by atoms with E-state index in [1.165, 1.54) is 0 Å². The SMILES string of the molecule is CCc1cc(=O)[nH]c2cc(NC(=O)c3ccc(OC)cc3)ccc12. The number of methoxy groups -OCH3 is 1. The van der Waals surface area contributed by atoms with Gasteiger partial charge in [-0.1, -0.05) is 13.0 Å². The number of amides is 1. The lowest BCUT2D eigenvalue weighted by atomic mass is 10.1. The standard InChI is InChI=1S/C19H18N2O3/c1-3-12-10-18(22)21-17-11-14(6-9-16(12)17)20-19(23)13-4-7-15(24-2)8-5-13/h4-11H,3H2,1-2H3,(H,20,23)(H,21,22). The number of hydrogen-bond acceptors (Lipinski definition) is 3. The van der Waals surface area contributed by atoms with Crippen LogP contribution in [-0.4, -0.2) is 18.0 Å². The van der Waals surface area contributed by atoms with Gasteiger partial charge in [-0.15, -0.1) is 0 Å². The molecule has 0 spiro atoms. The molecule has 2 aromatic carbocycles. The fourth-order valence-electron chi connectivity index (χ4n) is 2.65. The van der Waals surface area contributed by atoms with Crippen LogP contribution in [0, 0.1) is 0 Å². The van der Waals surface area contributed by atoms with Crippen molar-refractivity contribution in [2.24, 2.45) is 0 Å². The fraction of sp³-hybridized carbons (Fsp3) is 0.158. The van der Waals surface area contributed by atoms with Gasteiger partial charge in [0.2, 0.25) is 5.56 Å². The first-order chi connectivity index (χ1) is 11.6. The quantitative estimate of drug-likeness (QED) is 0.774. The molecule has 0 saturated carbocycles. The zero-order chi connectivity index (χ0) is 17.1. The van der Waals surface area contributed by atoms with Crippen LogP contribution < -0.4 is 15.6 Å². The van der Waals surface area contributed by atoms with E-state index in [0.717, 1.165) is 17.4 Å². The molecule has 0 aliphatic rings. The molecule has 3 aromatic rings. The van der Waals surface area contributed by atoms with Crippen LogP contribution in [0.5, 0.6) is 5.75 Å². The number of carbonyl (C=O) groups excluding carboxylic acids is 1. The summed E-state index contributed by atoms with van der Waals surface area (Å²) in [6, 6.07) is 14.0. The van der Waals surface area contributed by atoms with Gasteiger partial charge in [-0.3, -0.25) is 9.59 Å². The van der Waals surface area contributed by atoms with Crippen molar-refractivity contribution in [3.05, 3.63) is 70.0 Å². The van der Waals surface area contributed by atoms with Gasteiger partial charge in [0.25, 0.3) is 5.91 Å². The van der Waals surface area contributed by atoms with E-state index in [1.54, 1.807) is 43.5 Å². The van der Waals surface area contributed by atoms with Crippen molar-refractivity contribution in [3.63, 3.8) is 0 Å². The van der Waals surface area contributed by atoms with Crippen molar-refractivity contribution in [1.29, 1.82) is 0 Å². The minimum atomic E-state index is -0.217. The molecule has 0 aliphatic heterocycles. The van der Waals surface area contributed by atoms with Crippen molar-refractivity contribution in [3.8, 4) is 5.75 Å². The molecule has 0 fully saturated rings. The molecule has 122 valence electrons. The van der Waals surface area contributed by atoms with E-state index in [9.17, 15) is 9.59 Å². The number of anilines is 1. The summed E-state index contributed by atoms with van der Waals surface area (Å²) >= 11 is 0. The van der Waals surface area contributed by atoms with Crippen LogP contribution in [0.15, 0.2) is 53.3 Å². The molecule has 0 aliphatic carbocycles. The molecule has 0 radical (unpaired) electrons. The Hall–Kier alpha value is -3.08. The average molecular weight is 322 g/mol. The zero-order valence-corrected chi connectivity index (χ0v) is 13.6. The van der Waals surface area contributed by atoms with Gasteiger partial charge < -0.3 is 15.0 Å². The molecule has 1 amide bonds. The maximum absolute atomic E-state index is 12.3. The Morgan fingerprint density at radius 3 is 2.54 bits per heavy atom. The van der Waals surface area contributed by atoms with Crippen molar-refractivity contribution in [2.45, 2.75) is 13.3 Å². The number of carbonyl (C=O) groups is 1. The van der Waals surface area contributed by atoms with E-state index in [2.05, 4.69) is 10.3 Å². The van der Waals surface area contributed by atoms with Crippen LogP contribution in [0.2, 0.25) is 0 Å². The molecule has 5 heteroatoms. The van der Waals surface area contributed by atoms with Crippen LogP contribution in [0.25, 0.3) is 10.9 Å². The zero-order valence-electron chi connectivity index (χ0n) is 13.6. The van der Waals surface area contributed by atoms with Gasteiger partial charge in [-0.25, -0.2) is 0 Å². The lowest BCUT2D eigenvalue weighted by Gasteiger charge is -2.09. The number of H-pyrrole nitrogens is 1. The average Bonchev–Trinajstić information content (AvgIpc) is 2.60. The molecule has 0 saturated heterocycles. The normalized spacial score (nSPS) is 10.6. The first-order valence-corrected chi connectivity index (χ1v) is 7.72. The van der Waals surface area contributed by atoms with Gasteiger partial charge in [-0.2, -0.15) is 0 Å². The van der Waals surface area contributed by atoms with Crippen LogP contribution in [0.1, 0.15) is 22.8 Å². The second-order valence-electron chi connectivity index (χ2n) is 5.46. The van der Waals surface area contributed by atoms with Gasteiger partial charge in [0, 0.05) is 22.7 Å². The highest BCUT2D eigenvalue weighted by molar-refractivity contribution is 6.05. The summed E-state index contributed by atoms with van der Waals surface area (Å²) < 4.78 is 5.08. The maximum Gasteiger partial charge on any atom is 0.255 e. The molecular weight excluding hydrogens is 304 g/mol. The van der Waals surface area contributed by atoms with Gasteiger partial charge in [0.15, 0.2) is 0 Å². The number of rotatable bonds is 4. The highest BCUT2D eigenvalue weighted by Gasteiger charge is 2.08. The maximum atomic E-state index is 12.3. The van der Waals surface area contributed by atoms with Crippen LogP contribution in [0.3, 0.4) is 0 Å². The Morgan fingerprint density at radius 2 is 1.88 bits per heavy atom. The molecule has 24 heavy (non-hydrogen) atoms. The molecule has 2 N–H and O–H groups in total. The number of fused-ring (bicyclic) bond motifs is 1. The van der Waals surface area contributed by atoms with Crippen molar-refractivity contribution in [2.75, 3.05) is 12.4 Å². The molecule has 5 nitrogen and oxygen atoms in total. The smallest absolute Gasteiger partial charge is 0.255 e. The fourth-order valence-corrected chi connectivity index (χ4v) is 2.65. The summed E-state index contributed by atoms with van der Waals surface area (Å²) in [6.07, 6.45) is 0.776. The molecule has 1 aromatic heterocycles. The summed E-state index contributed by atoms with van der Waals surface area (Å²) in [6.45, 7) is 2.01. The Kier molecular flexibility index (Phi) is 4.33. The first kappa shape index (κ1) is 15.8. The van der Waals surface area contributed by atoms with Gasteiger partial charge in [-0.05, 0) is 48.4 Å². The number of pyridine rings is 1. The van der Waals surface area contributed by atoms with Gasteiger partial charge >= 0.3 is 0 Å². The molecular formula is C19H18N2O3. The third-order valence-electron chi connectivity index (χ3n) is 3.92. The molecule has 0 atom stereocenters. The third kappa shape index (κ3) is 3.15. The van der Waals surface area contributed by atoms with E-state index in [1.807, 2.05) is 19.1 Å². The van der Waals surface area contributed by atoms with E-state index < -0.39 is 0 Å². The Labute approximate surface area is 139 Å². The summed E-state index contributed by atoms with van der Waals surface area (Å²) in [5.41, 5.74) is 2.73. The lowest BCUT2D eigenvalue weighted by molar-refractivity contribution is 0.102. The third-order valence-corrected chi connectivity index (χ3v) is 3.92. The monoisotopic (exact) mass is 322 g/mol. The molecule has 0 unspecified atom stereocenters. The summed E-state index contributed by atoms with van der Waals surface area (Å²) in [5.74, 6) is 0.480. The topological polar surface area (TPSA) is 71.2 Å². The predicted octanol–water partition coefficient (Wildman–Crippen LogP) is 3.35. The van der Waals surface area contributed by atoms with E-state index in [4.69, 9.17) is 4.74 Å². The molecule has 3 rings (SSSR count). The predicted molar refractivity (Wildman–Crippen MR) is 94.9 cm³/mol. The Bertz CT molecular complexity index is 943. The summed E-state index contributed by atoms with van der Waals surface area (Å²) in [4.78, 5) is 26.8. The number of benzene rings is 2. The highest BCUT2D eigenvalue weighted by Crippen LogP contribution is 2.21.